The smallest absolute Gasteiger partial charge is 0.127 e. The minimum atomic E-state index is -0.343. The Balaban J connectivity index is 2.12. The van der Waals surface area contributed by atoms with Crippen LogP contribution in [0.25, 0.3) is 0 Å². The number of ether oxygens (including phenoxy) is 1. The minimum Gasteiger partial charge on any atom is -0.487 e. The molecule has 4 atom stereocenters. The lowest BCUT2D eigenvalue weighted by molar-refractivity contribution is -0.0391. The maximum atomic E-state index is 10.2. The Kier molecular flexibility index (Phi) is 3.96. The van der Waals surface area contributed by atoms with Crippen molar-refractivity contribution in [1.82, 2.24) is 0 Å². The van der Waals surface area contributed by atoms with Crippen molar-refractivity contribution < 1.29 is 9.84 Å². The number of hydrogen-bond donors (Lipinski definition) is 1. The highest BCUT2D eigenvalue weighted by Crippen LogP contribution is 2.33. The molecule has 1 N–H and O–H groups in total. The van der Waals surface area contributed by atoms with Gasteiger partial charge in [0, 0.05) is 0 Å². The van der Waals surface area contributed by atoms with E-state index in [4.69, 9.17) is 4.74 Å². The Labute approximate surface area is 110 Å². The SMILES string of the molecule is Cc1ccc(OC2C(C)CC(C)CC2O)c(C)c1. The molecule has 2 heteroatoms. The van der Waals surface area contributed by atoms with Crippen LogP contribution in [0.15, 0.2) is 18.2 Å². The third-order valence-electron chi connectivity index (χ3n) is 3.95. The van der Waals surface area contributed by atoms with Crippen LogP contribution in [0, 0.1) is 25.7 Å². The van der Waals surface area contributed by atoms with Gasteiger partial charge in [0.1, 0.15) is 11.9 Å². The molecule has 2 rings (SSSR count). The first-order chi connectivity index (χ1) is 8.47. The molecule has 1 aliphatic rings. The molecule has 4 unspecified atom stereocenters. The first-order valence-electron chi connectivity index (χ1n) is 6.89. The molecule has 1 aliphatic carbocycles. The summed E-state index contributed by atoms with van der Waals surface area (Å²) in [5.41, 5.74) is 2.39. The Morgan fingerprint density at radius 2 is 1.89 bits per heavy atom. The maximum absolute atomic E-state index is 10.2. The average molecular weight is 248 g/mol. The molecule has 1 aromatic carbocycles. The normalized spacial score (nSPS) is 32.3. The van der Waals surface area contributed by atoms with Crippen molar-refractivity contribution in [2.24, 2.45) is 11.8 Å². The summed E-state index contributed by atoms with van der Waals surface area (Å²) in [7, 11) is 0. The lowest BCUT2D eigenvalue weighted by Gasteiger charge is -2.37. The Morgan fingerprint density at radius 1 is 1.17 bits per heavy atom. The standard InChI is InChI=1S/C16H24O2/c1-10-5-6-15(12(3)7-10)18-16-13(4)8-11(2)9-14(16)17/h5-7,11,13-14,16-17H,8-9H2,1-4H3. The number of hydrogen-bond acceptors (Lipinski definition) is 2. The van der Waals surface area contributed by atoms with Gasteiger partial charge in [-0.1, -0.05) is 31.5 Å². The van der Waals surface area contributed by atoms with Gasteiger partial charge in [0.25, 0.3) is 0 Å². The zero-order chi connectivity index (χ0) is 13.3. The average Bonchev–Trinajstić information content (AvgIpc) is 2.25. The second-order valence-corrected chi connectivity index (χ2v) is 5.97. The van der Waals surface area contributed by atoms with Gasteiger partial charge in [-0.2, -0.15) is 0 Å². The molecule has 0 amide bonds. The molecule has 1 saturated carbocycles. The van der Waals surface area contributed by atoms with Gasteiger partial charge in [0.2, 0.25) is 0 Å². The topological polar surface area (TPSA) is 29.5 Å². The molecule has 0 aromatic heterocycles. The number of aliphatic hydroxyl groups is 1. The van der Waals surface area contributed by atoms with E-state index in [1.54, 1.807) is 0 Å². The van der Waals surface area contributed by atoms with Crippen LogP contribution in [0.2, 0.25) is 0 Å². The minimum absolute atomic E-state index is 0.0670. The molecule has 0 spiro atoms. The van der Waals surface area contributed by atoms with Crippen LogP contribution >= 0.6 is 0 Å². The second-order valence-electron chi connectivity index (χ2n) is 5.97. The van der Waals surface area contributed by atoms with E-state index in [2.05, 4.69) is 39.8 Å². The summed E-state index contributed by atoms with van der Waals surface area (Å²) in [5.74, 6) is 1.91. The molecule has 0 radical (unpaired) electrons. The van der Waals surface area contributed by atoms with Crippen molar-refractivity contribution in [2.45, 2.75) is 52.7 Å². The molecule has 1 fully saturated rings. The van der Waals surface area contributed by atoms with Crippen LogP contribution in [-0.2, 0) is 0 Å². The third-order valence-corrected chi connectivity index (χ3v) is 3.95. The van der Waals surface area contributed by atoms with Gasteiger partial charge in [-0.25, -0.2) is 0 Å². The number of aryl methyl sites for hydroxylation is 2. The van der Waals surface area contributed by atoms with Gasteiger partial charge in [-0.15, -0.1) is 0 Å². The van der Waals surface area contributed by atoms with Crippen molar-refractivity contribution in [2.75, 3.05) is 0 Å². The van der Waals surface area contributed by atoms with Gasteiger partial charge in [0.15, 0.2) is 0 Å². The summed E-state index contributed by atoms with van der Waals surface area (Å²) in [6, 6.07) is 6.20. The van der Waals surface area contributed by atoms with E-state index in [-0.39, 0.29) is 12.2 Å². The molecule has 0 aliphatic heterocycles. The van der Waals surface area contributed by atoms with E-state index >= 15 is 0 Å². The van der Waals surface area contributed by atoms with Gasteiger partial charge in [-0.05, 0) is 50.2 Å². The summed E-state index contributed by atoms with van der Waals surface area (Å²) in [6.07, 6.45) is 1.57. The molecule has 0 bridgehead atoms. The highest BCUT2D eigenvalue weighted by Gasteiger charge is 2.34. The molecule has 2 nitrogen and oxygen atoms in total. The van der Waals surface area contributed by atoms with Gasteiger partial charge in [0.05, 0.1) is 6.10 Å². The Morgan fingerprint density at radius 3 is 2.50 bits per heavy atom. The Hall–Kier alpha value is -1.02. The molecule has 0 saturated heterocycles. The zero-order valence-electron chi connectivity index (χ0n) is 11.8. The van der Waals surface area contributed by atoms with Crippen molar-refractivity contribution in [1.29, 1.82) is 0 Å². The third kappa shape index (κ3) is 2.86. The van der Waals surface area contributed by atoms with E-state index in [1.807, 2.05) is 6.07 Å². The molecule has 1 aromatic rings. The quantitative estimate of drug-likeness (QED) is 0.868. The van der Waals surface area contributed by atoms with Crippen LogP contribution in [0.4, 0.5) is 0 Å². The lowest BCUT2D eigenvalue weighted by atomic mass is 9.79. The van der Waals surface area contributed by atoms with Crippen LogP contribution < -0.4 is 4.74 Å². The predicted octanol–water partition coefficient (Wildman–Crippen LogP) is 3.48. The maximum Gasteiger partial charge on any atom is 0.127 e. The summed E-state index contributed by atoms with van der Waals surface area (Å²) in [6.45, 7) is 8.52. The Bertz CT molecular complexity index is 402. The van der Waals surface area contributed by atoms with E-state index in [0.717, 1.165) is 24.2 Å². The summed E-state index contributed by atoms with van der Waals surface area (Å²) >= 11 is 0. The summed E-state index contributed by atoms with van der Waals surface area (Å²) < 4.78 is 6.06. The monoisotopic (exact) mass is 248 g/mol. The van der Waals surface area contributed by atoms with Gasteiger partial charge >= 0.3 is 0 Å². The first kappa shape index (κ1) is 13.4. The molecule has 0 heterocycles. The van der Waals surface area contributed by atoms with E-state index in [9.17, 15) is 5.11 Å². The predicted molar refractivity (Wildman–Crippen MR) is 73.9 cm³/mol. The molecular formula is C16H24O2. The zero-order valence-corrected chi connectivity index (χ0v) is 11.8. The molecule has 18 heavy (non-hydrogen) atoms. The molecule has 100 valence electrons. The van der Waals surface area contributed by atoms with Crippen LogP contribution in [0.1, 0.15) is 37.8 Å². The number of benzene rings is 1. The van der Waals surface area contributed by atoms with E-state index in [1.165, 1.54) is 5.56 Å². The van der Waals surface area contributed by atoms with E-state index < -0.39 is 0 Å². The van der Waals surface area contributed by atoms with Crippen LogP contribution in [0.3, 0.4) is 0 Å². The van der Waals surface area contributed by atoms with Crippen molar-refractivity contribution in [3.05, 3.63) is 29.3 Å². The highest BCUT2D eigenvalue weighted by molar-refractivity contribution is 5.35. The molecular weight excluding hydrogens is 224 g/mol. The summed E-state index contributed by atoms with van der Waals surface area (Å²) in [4.78, 5) is 0. The van der Waals surface area contributed by atoms with Crippen molar-refractivity contribution in [3.8, 4) is 5.75 Å². The summed E-state index contributed by atoms with van der Waals surface area (Å²) in [5, 5.41) is 10.2. The van der Waals surface area contributed by atoms with Crippen LogP contribution in [0.5, 0.6) is 5.75 Å². The van der Waals surface area contributed by atoms with Gasteiger partial charge < -0.3 is 9.84 Å². The lowest BCUT2D eigenvalue weighted by Crippen LogP contribution is -2.43. The van der Waals surface area contributed by atoms with Gasteiger partial charge in [-0.3, -0.25) is 0 Å². The number of aliphatic hydroxyl groups excluding tert-OH is 1. The second kappa shape index (κ2) is 5.31. The largest absolute Gasteiger partial charge is 0.487 e. The van der Waals surface area contributed by atoms with Crippen molar-refractivity contribution in [3.63, 3.8) is 0 Å². The highest BCUT2D eigenvalue weighted by atomic mass is 16.5. The van der Waals surface area contributed by atoms with E-state index in [0.29, 0.717) is 11.8 Å². The fourth-order valence-electron chi connectivity index (χ4n) is 3.06. The van der Waals surface area contributed by atoms with Crippen LogP contribution in [-0.4, -0.2) is 17.3 Å². The number of rotatable bonds is 2. The fourth-order valence-corrected chi connectivity index (χ4v) is 3.06. The van der Waals surface area contributed by atoms with Crippen molar-refractivity contribution >= 4 is 0 Å². The fraction of sp³-hybridized carbons (Fsp3) is 0.625. The first-order valence-corrected chi connectivity index (χ1v) is 6.89.